The Balaban J connectivity index is 1.98. The second-order valence-corrected chi connectivity index (χ2v) is 6.75. The van der Waals surface area contributed by atoms with Crippen LogP contribution in [0.5, 0.6) is 11.5 Å². The summed E-state index contributed by atoms with van der Waals surface area (Å²) in [6.07, 6.45) is 1.57. The molecule has 0 N–H and O–H groups in total. The molecule has 0 radical (unpaired) electrons. The first-order valence-electron chi connectivity index (χ1n) is 9.04. The lowest BCUT2D eigenvalue weighted by Gasteiger charge is -2.15. The number of ether oxygens (including phenoxy) is 2. The van der Waals surface area contributed by atoms with Crippen LogP contribution in [0.2, 0.25) is 5.02 Å². The number of methoxy groups -OCH3 is 1. The highest BCUT2D eigenvalue weighted by atomic mass is 35.5. The fraction of sp³-hybridized carbons (Fsp3) is 0.0870. The van der Waals surface area contributed by atoms with Crippen molar-refractivity contribution in [3.63, 3.8) is 0 Å². The van der Waals surface area contributed by atoms with Gasteiger partial charge in [0.05, 0.1) is 28.7 Å². The largest absolute Gasteiger partial charge is 0.493 e. The van der Waals surface area contributed by atoms with Crippen molar-refractivity contribution in [1.29, 1.82) is 5.26 Å². The Morgan fingerprint density at radius 1 is 1.19 bits per heavy atom. The molecule has 3 aromatic carbocycles. The van der Waals surface area contributed by atoms with Gasteiger partial charge in [-0.25, -0.2) is 4.39 Å². The van der Waals surface area contributed by atoms with Crippen LogP contribution >= 0.6 is 11.6 Å². The van der Waals surface area contributed by atoms with Crippen molar-refractivity contribution < 1.29 is 18.8 Å². The first-order valence-corrected chi connectivity index (χ1v) is 9.41. The van der Waals surface area contributed by atoms with E-state index in [1.54, 1.807) is 30.3 Å². The predicted octanol–water partition coefficient (Wildman–Crippen LogP) is 6.04. The Kier molecular flexibility index (Phi) is 6.85. The van der Waals surface area contributed by atoms with Crippen LogP contribution in [-0.2, 0) is 6.61 Å². The molecule has 0 heterocycles. The highest BCUT2D eigenvalue weighted by Crippen LogP contribution is 2.35. The average Bonchev–Trinajstić information content (AvgIpc) is 2.77. The summed E-state index contributed by atoms with van der Waals surface area (Å²) in [6.45, 7) is -0.147. The quantitative estimate of drug-likeness (QED) is 0.194. The molecule has 0 aromatic heterocycles. The van der Waals surface area contributed by atoms with Crippen molar-refractivity contribution in [2.75, 3.05) is 7.11 Å². The number of nitriles is 1. The third-order valence-electron chi connectivity index (χ3n) is 4.46. The zero-order valence-corrected chi connectivity index (χ0v) is 17.1. The number of para-hydroxylation sites is 1. The number of nitrogens with zero attached hydrogens (tertiary/aromatic N) is 2. The van der Waals surface area contributed by atoms with E-state index in [-0.39, 0.29) is 28.5 Å². The highest BCUT2D eigenvalue weighted by molar-refractivity contribution is 6.31. The Bertz CT molecular complexity index is 1170. The summed E-state index contributed by atoms with van der Waals surface area (Å²) in [4.78, 5) is 10.3. The van der Waals surface area contributed by atoms with Crippen LogP contribution in [0.25, 0.3) is 11.6 Å². The molecule has 0 fully saturated rings. The van der Waals surface area contributed by atoms with Gasteiger partial charge in [0.2, 0.25) is 0 Å². The number of hydrogen-bond acceptors (Lipinski definition) is 5. The molecule has 8 heteroatoms. The normalized spacial score (nSPS) is 11.0. The van der Waals surface area contributed by atoms with Gasteiger partial charge in [-0.1, -0.05) is 29.8 Å². The van der Waals surface area contributed by atoms with Gasteiger partial charge in [-0.05, 0) is 42.0 Å². The van der Waals surface area contributed by atoms with Gasteiger partial charge in [-0.2, -0.15) is 5.26 Å². The van der Waals surface area contributed by atoms with Crippen LogP contribution in [0.4, 0.5) is 10.1 Å². The Morgan fingerprint density at radius 3 is 2.52 bits per heavy atom. The molecule has 0 aliphatic carbocycles. The second kappa shape index (κ2) is 9.74. The second-order valence-electron chi connectivity index (χ2n) is 6.34. The van der Waals surface area contributed by atoms with Crippen molar-refractivity contribution in [1.82, 2.24) is 0 Å². The van der Waals surface area contributed by atoms with Gasteiger partial charge in [0, 0.05) is 23.3 Å². The van der Waals surface area contributed by atoms with E-state index in [1.807, 2.05) is 0 Å². The van der Waals surface area contributed by atoms with Gasteiger partial charge >= 0.3 is 0 Å². The molecule has 3 rings (SSSR count). The third-order valence-corrected chi connectivity index (χ3v) is 4.82. The topological polar surface area (TPSA) is 85.4 Å². The van der Waals surface area contributed by atoms with E-state index in [0.717, 1.165) is 0 Å². The van der Waals surface area contributed by atoms with E-state index in [1.165, 1.54) is 43.5 Å². The number of halogens is 2. The van der Waals surface area contributed by atoms with E-state index >= 15 is 0 Å². The summed E-state index contributed by atoms with van der Waals surface area (Å²) in [5.74, 6) is 0.198. The standard InChI is InChI=1S/C23H16ClFN2O4/c1-30-22-7-2-4-16(23(22)31-14-19-20(24)5-3-6-21(19)25)12-17(13-26)15-8-10-18(11-9-15)27(28)29/h2-12H,14H2,1H3/b17-12+. The Labute approximate surface area is 182 Å². The average molecular weight is 439 g/mol. The maximum absolute atomic E-state index is 14.1. The van der Waals surface area contributed by atoms with Crippen LogP contribution in [0.3, 0.4) is 0 Å². The van der Waals surface area contributed by atoms with E-state index < -0.39 is 10.7 Å². The molecular formula is C23H16ClFN2O4. The summed E-state index contributed by atoms with van der Waals surface area (Å²) >= 11 is 6.08. The molecule has 3 aromatic rings. The predicted molar refractivity (Wildman–Crippen MR) is 115 cm³/mol. The van der Waals surface area contributed by atoms with Gasteiger partial charge in [0.1, 0.15) is 12.4 Å². The van der Waals surface area contributed by atoms with Crippen molar-refractivity contribution >= 4 is 28.9 Å². The molecule has 0 saturated heterocycles. The number of non-ortho nitro benzene ring substituents is 1. The van der Waals surface area contributed by atoms with Crippen molar-refractivity contribution in [3.05, 3.63) is 98.3 Å². The Morgan fingerprint density at radius 2 is 1.90 bits per heavy atom. The first kappa shape index (κ1) is 21.8. The molecule has 6 nitrogen and oxygen atoms in total. The lowest BCUT2D eigenvalue weighted by molar-refractivity contribution is -0.384. The van der Waals surface area contributed by atoms with Gasteiger partial charge < -0.3 is 9.47 Å². The van der Waals surface area contributed by atoms with Crippen LogP contribution in [-0.4, -0.2) is 12.0 Å². The summed E-state index contributed by atoms with van der Waals surface area (Å²) in [7, 11) is 1.47. The maximum atomic E-state index is 14.1. The first-order chi connectivity index (χ1) is 14.9. The molecule has 0 amide bonds. The van der Waals surface area contributed by atoms with Crippen LogP contribution in [0.15, 0.2) is 60.7 Å². The monoisotopic (exact) mass is 438 g/mol. The van der Waals surface area contributed by atoms with Crippen LogP contribution in [0.1, 0.15) is 16.7 Å². The summed E-state index contributed by atoms with van der Waals surface area (Å²) in [5.41, 5.74) is 1.40. The maximum Gasteiger partial charge on any atom is 0.269 e. The van der Waals surface area contributed by atoms with Crippen molar-refractivity contribution in [2.24, 2.45) is 0 Å². The lowest BCUT2D eigenvalue weighted by atomic mass is 10.0. The van der Waals surface area contributed by atoms with Gasteiger partial charge in [-0.3, -0.25) is 10.1 Å². The fourth-order valence-electron chi connectivity index (χ4n) is 2.87. The molecule has 0 bridgehead atoms. The number of hydrogen-bond donors (Lipinski definition) is 0. The number of nitro benzene ring substituents is 1. The molecule has 0 unspecified atom stereocenters. The van der Waals surface area contributed by atoms with Crippen molar-refractivity contribution in [2.45, 2.75) is 6.61 Å². The fourth-order valence-corrected chi connectivity index (χ4v) is 3.09. The van der Waals surface area contributed by atoms with E-state index in [0.29, 0.717) is 22.6 Å². The van der Waals surface area contributed by atoms with Gasteiger partial charge in [0.25, 0.3) is 5.69 Å². The van der Waals surface area contributed by atoms with Crippen LogP contribution in [0, 0.1) is 27.3 Å². The number of rotatable bonds is 7. The SMILES string of the molecule is COc1cccc(/C=C(\C#N)c2ccc([N+](=O)[O-])cc2)c1OCc1c(F)cccc1Cl. The van der Waals surface area contributed by atoms with Gasteiger partial charge in [-0.15, -0.1) is 0 Å². The molecule has 156 valence electrons. The van der Waals surface area contributed by atoms with Crippen LogP contribution < -0.4 is 9.47 Å². The number of allylic oxidation sites excluding steroid dienone is 1. The molecular weight excluding hydrogens is 423 g/mol. The number of benzene rings is 3. The van der Waals surface area contributed by atoms with E-state index in [9.17, 15) is 19.8 Å². The molecule has 0 atom stereocenters. The smallest absolute Gasteiger partial charge is 0.269 e. The van der Waals surface area contributed by atoms with Gasteiger partial charge in [0.15, 0.2) is 11.5 Å². The lowest BCUT2D eigenvalue weighted by Crippen LogP contribution is -2.02. The summed E-state index contributed by atoms with van der Waals surface area (Å²) in [6, 6.07) is 17.2. The van der Waals surface area contributed by atoms with E-state index in [4.69, 9.17) is 21.1 Å². The highest BCUT2D eigenvalue weighted by Gasteiger charge is 2.14. The molecule has 0 aliphatic heterocycles. The minimum atomic E-state index is -0.513. The minimum absolute atomic E-state index is 0.0757. The number of nitro groups is 1. The molecule has 0 aliphatic rings. The molecule has 0 saturated carbocycles. The summed E-state index contributed by atoms with van der Waals surface area (Å²) < 4.78 is 25.3. The molecule has 31 heavy (non-hydrogen) atoms. The minimum Gasteiger partial charge on any atom is -0.493 e. The zero-order chi connectivity index (χ0) is 22.4. The van der Waals surface area contributed by atoms with Crippen molar-refractivity contribution in [3.8, 4) is 17.6 Å². The zero-order valence-electron chi connectivity index (χ0n) is 16.3. The van der Waals surface area contributed by atoms with E-state index in [2.05, 4.69) is 6.07 Å². The Hall–Kier alpha value is -3.89. The molecule has 0 spiro atoms. The third kappa shape index (κ3) is 5.00. The summed E-state index contributed by atoms with van der Waals surface area (Å²) in [5, 5.41) is 20.7.